The van der Waals surface area contributed by atoms with Crippen LogP contribution in [0.15, 0.2) is 47.4 Å². The zero-order chi connectivity index (χ0) is 11.8. The topological polar surface area (TPSA) is 17.1 Å². The maximum absolute atomic E-state index is 12.4. The molecule has 0 aromatic heterocycles. The van der Waals surface area contributed by atoms with Crippen LogP contribution in [0, 0.1) is 0 Å². The van der Waals surface area contributed by atoms with Crippen LogP contribution in [0.4, 0.5) is 0 Å². The number of benzene rings is 2. The molecule has 0 heterocycles. The molecule has 0 spiro atoms. The average Bonchev–Trinajstić information content (AvgIpc) is 2.38. The lowest BCUT2D eigenvalue weighted by molar-refractivity contribution is 0.103. The van der Waals surface area contributed by atoms with Gasteiger partial charge in [0.1, 0.15) is 0 Å². The molecule has 1 nitrogen and oxygen atoms in total. The average molecular weight is 261 g/mol. The van der Waals surface area contributed by atoms with Crippen molar-refractivity contribution in [3.05, 3.63) is 64.7 Å². The van der Waals surface area contributed by atoms with Gasteiger partial charge in [0.15, 0.2) is 5.78 Å². The molecule has 17 heavy (non-hydrogen) atoms. The van der Waals surface area contributed by atoms with Crippen molar-refractivity contribution in [3.8, 4) is 0 Å². The Morgan fingerprint density at radius 1 is 1.00 bits per heavy atom. The van der Waals surface area contributed by atoms with Gasteiger partial charge in [0, 0.05) is 16.0 Å². The molecule has 3 heteroatoms. The summed E-state index contributed by atoms with van der Waals surface area (Å²) in [5.41, 5.74) is 3.74. The lowest BCUT2D eigenvalue weighted by atomic mass is 9.85. The molecule has 0 bridgehead atoms. The molecule has 0 radical (unpaired) electrons. The van der Waals surface area contributed by atoms with Gasteiger partial charge in [-0.15, -0.1) is 0 Å². The van der Waals surface area contributed by atoms with Gasteiger partial charge in [-0.2, -0.15) is 0 Å². The van der Waals surface area contributed by atoms with Crippen LogP contribution >= 0.6 is 21.7 Å². The Labute approximate surface area is 108 Å². The lowest BCUT2D eigenvalue weighted by Gasteiger charge is -2.19. The molecule has 0 atom stereocenters. The highest BCUT2D eigenvalue weighted by Crippen LogP contribution is 2.35. The molecular weight excluding hydrogens is 252 g/mol. The van der Waals surface area contributed by atoms with Crippen molar-refractivity contribution >= 4 is 27.4 Å². The van der Waals surface area contributed by atoms with Gasteiger partial charge in [-0.1, -0.05) is 36.4 Å². The van der Waals surface area contributed by atoms with Crippen molar-refractivity contribution in [1.82, 2.24) is 0 Å². The minimum absolute atomic E-state index is 0.0885. The second kappa shape index (κ2) is 4.21. The number of carbonyl (C=O) groups excluding carboxylic acids is 1. The Balaban J connectivity index is 2.24. The molecule has 0 unspecified atom stereocenters. The first-order valence-electron chi connectivity index (χ1n) is 5.34. The Morgan fingerprint density at radius 2 is 1.76 bits per heavy atom. The van der Waals surface area contributed by atoms with E-state index in [0.717, 1.165) is 44.5 Å². The van der Waals surface area contributed by atoms with E-state index in [-0.39, 0.29) is 5.78 Å². The van der Waals surface area contributed by atoms with Crippen molar-refractivity contribution in [2.75, 3.05) is 0 Å². The van der Waals surface area contributed by atoms with Gasteiger partial charge in [-0.25, -0.2) is 0 Å². The van der Waals surface area contributed by atoms with Gasteiger partial charge < -0.3 is 0 Å². The standard InChI is InChI=1S/C14H9ClOS/c15-17-12-7-3-5-10-8-9-4-1-2-6-11(9)14(16)13(10)12/h1-7H,8H2. The molecular formula is C14H9ClOS. The molecule has 84 valence electrons. The van der Waals surface area contributed by atoms with Gasteiger partial charge in [-0.05, 0) is 45.3 Å². The van der Waals surface area contributed by atoms with Crippen LogP contribution in [0.5, 0.6) is 0 Å². The monoisotopic (exact) mass is 260 g/mol. The van der Waals surface area contributed by atoms with E-state index < -0.39 is 0 Å². The Kier molecular flexibility index (Phi) is 2.69. The van der Waals surface area contributed by atoms with Crippen molar-refractivity contribution in [1.29, 1.82) is 0 Å². The third-order valence-electron chi connectivity index (χ3n) is 3.07. The van der Waals surface area contributed by atoms with Crippen molar-refractivity contribution < 1.29 is 4.79 Å². The first-order valence-corrected chi connectivity index (χ1v) is 6.98. The van der Waals surface area contributed by atoms with Crippen LogP contribution in [0.1, 0.15) is 27.0 Å². The summed E-state index contributed by atoms with van der Waals surface area (Å²) >= 11 is 0. The molecule has 0 aliphatic heterocycles. The van der Waals surface area contributed by atoms with Crippen molar-refractivity contribution in [3.63, 3.8) is 0 Å². The number of hydrogen-bond acceptors (Lipinski definition) is 2. The normalized spacial score (nSPS) is 13.1. The zero-order valence-corrected chi connectivity index (χ0v) is 10.5. The number of carbonyl (C=O) groups is 1. The Morgan fingerprint density at radius 3 is 2.59 bits per heavy atom. The van der Waals surface area contributed by atoms with E-state index in [9.17, 15) is 4.79 Å². The first-order chi connectivity index (χ1) is 8.31. The van der Waals surface area contributed by atoms with E-state index in [1.807, 2.05) is 42.5 Å². The van der Waals surface area contributed by atoms with Crippen LogP contribution in [0.3, 0.4) is 0 Å². The third-order valence-corrected chi connectivity index (χ3v) is 4.07. The summed E-state index contributed by atoms with van der Waals surface area (Å²) < 4.78 is 0. The smallest absolute Gasteiger partial charge is 0.194 e. The van der Waals surface area contributed by atoms with Crippen LogP contribution in [0.2, 0.25) is 0 Å². The fourth-order valence-corrected chi connectivity index (χ4v) is 3.10. The summed E-state index contributed by atoms with van der Waals surface area (Å²) in [6.45, 7) is 0. The van der Waals surface area contributed by atoms with E-state index in [1.54, 1.807) is 0 Å². The van der Waals surface area contributed by atoms with E-state index >= 15 is 0 Å². The summed E-state index contributed by atoms with van der Waals surface area (Å²) in [6, 6.07) is 13.6. The first kappa shape index (κ1) is 10.9. The van der Waals surface area contributed by atoms with Crippen LogP contribution in [-0.4, -0.2) is 5.78 Å². The maximum Gasteiger partial charge on any atom is 0.194 e. The number of halogens is 1. The second-order valence-electron chi connectivity index (χ2n) is 4.03. The van der Waals surface area contributed by atoms with E-state index in [0.29, 0.717) is 0 Å². The van der Waals surface area contributed by atoms with E-state index in [4.69, 9.17) is 10.7 Å². The summed E-state index contributed by atoms with van der Waals surface area (Å²) in [5, 5.41) is 0. The molecule has 0 N–H and O–H groups in total. The van der Waals surface area contributed by atoms with Crippen LogP contribution in [-0.2, 0) is 6.42 Å². The molecule has 0 fully saturated rings. The fourth-order valence-electron chi connectivity index (χ4n) is 2.28. The number of fused-ring (bicyclic) bond motifs is 2. The van der Waals surface area contributed by atoms with Gasteiger partial charge in [0.25, 0.3) is 0 Å². The SMILES string of the molecule is O=C1c2ccccc2Cc2cccc(SCl)c21. The molecule has 0 amide bonds. The highest BCUT2D eigenvalue weighted by Gasteiger charge is 2.25. The fraction of sp³-hybridized carbons (Fsp3) is 0.0714. The van der Waals surface area contributed by atoms with Gasteiger partial charge in [-0.3, -0.25) is 4.79 Å². The quantitative estimate of drug-likeness (QED) is 0.656. The molecule has 1 aliphatic carbocycles. The lowest BCUT2D eigenvalue weighted by Crippen LogP contribution is -2.15. The number of rotatable bonds is 1. The van der Waals surface area contributed by atoms with Gasteiger partial charge >= 0.3 is 0 Å². The summed E-state index contributed by atoms with van der Waals surface area (Å²) in [6.07, 6.45) is 0.808. The van der Waals surface area contributed by atoms with Crippen LogP contribution in [0.25, 0.3) is 0 Å². The molecule has 2 aromatic carbocycles. The van der Waals surface area contributed by atoms with Crippen molar-refractivity contribution in [2.24, 2.45) is 0 Å². The maximum atomic E-state index is 12.4. The van der Waals surface area contributed by atoms with E-state index in [2.05, 4.69) is 0 Å². The molecule has 1 aliphatic rings. The van der Waals surface area contributed by atoms with Crippen LogP contribution < -0.4 is 0 Å². The minimum Gasteiger partial charge on any atom is -0.289 e. The van der Waals surface area contributed by atoms with Gasteiger partial charge in [0.05, 0.1) is 0 Å². The zero-order valence-electron chi connectivity index (χ0n) is 8.94. The Bertz CT molecular complexity index is 607. The molecule has 3 rings (SSSR count). The van der Waals surface area contributed by atoms with Crippen molar-refractivity contribution in [2.45, 2.75) is 11.3 Å². The summed E-state index contributed by atoms with van der Waals surface area (Å²) in [4.78, 5) is 13.3. The molecule has 2 aromatic rings. The molecule has 0 saturated carbocycles. The number of ketones is 1. The summed E-state index contributed by atoms with van der Waals surface area (Å²) in [7, 11) is 6.93. The molecule has 0 saturated heterocycles. The number of hydrogen-bond donors (Lipinski definition) is 0. The third kappa shape index (κ3) is 1.68. The highest BCUT2D eigenvalue weighted by molar-refractivity contribution is 8.21. The van der Waals surface area contributed by atoms with Gasteiger partial charge in [0.2, 0.25) is 0 Å². The van der Waals surface area contributed by atoms with E-state index in [1.165, 1.54) is 0 Å². The minimum atomic E-state index is 0.0885. The summed E-state index contributed by atoms with van der Waals surface area (Å²) in [5.74, 6) is 0.0885. The predicted molar refractivity (Wildman–Crippen MR) is 70.8 cm³/mol. The predicted octanol–water partition coefficient (Wildman–Crippen LogP) is 4.07. The highest BCUT2D eigenvalue weighted by atomic mass is 35.7. The largest absolute Gasteiger partial charge is 0.289 e. The Hall–Kier alpha value is -1.25. The second-order valence-corrected chi connectivity index (χ2v) is 5.09.